The first-order valence-corrected chi connectivity index (χ1v) is 19.3. The molecule has 3 N–H and O–H groups in total. The van der Waals surface area contributed by atoms with E-state index in [1.807, 2.05) is 13.8 Å². The molecule has 17 heteroatoms. The molecular formula is C28H30F3IN8O4P-. The minimum atomic E-state index is -4.79. The van der Waals surface area contributed by atoms with Gasteiger partial charge in [0.15, 0.2) is 0 Å². The Hall–Kier alpha value is -3.60. The summed E-state index contributed by atoms with van der Waals surface area (Å²) in [6, 6.07) is 9.89. The Morgan fingerprint density at radius 3 is 2.67 bits per heavy atom. The van der Waals surface area contributed by atoms with Gasteiger partial charge >= 0.3 is 238 Å². The van der Waals surface area contributed by atoms with Crippen molar-refractivity contribution in [2.45, 2.75) is 32.7 Å². The van der Waals surface area contributed by atoms with Crippen LogP contribution < -0.4 is 37.0 Å². The summed E-state index contributed by atoms with van der Waals surface area (Å²) in [7, 11) is 1.39. The second kappa shape index (κ2) is 13.8. The van der Waals surface area contributed by atoms with Gasteiger partial charge in [-0.05, 0) is 0 Å². The number of halogens is 4. The summed E-state index contributed by atoms with van der Waals surface area (Å²) in [6.45, 7) is 4.90. The van der Waals surface area contributed by atoms with Crippen LogP contribution in [0.3, 0.4) is 0 Å². The summed E-state index contributed by atoms with van der Waals surface area (Å²) in [5.41, 5.74) is 0.949. The Labute approximate surface area is 267 Å². The van der Waals surface area contributed by atoms with Gasteiger partial charge in [0.2, 0.25) is 0 Å². The fraction of sp³-hybridized carbons (Fsp3) is 0.321. The van der Waals surface area contributed by atoms with Crippen molar-refractivity contribution >= 4 is 34.1 Å². The molecule has 240 valence electrons. The second-order valence-electron chi connectivity index (χ2n) is 10.1. The van der Waals surface area contributed by atoms with Crippen LogP contribution in [-0.4, -0.2) is 50.9 Å². The third-order valence-corrected chi connectivity index (χ3v) is 13.2. The zero-order chi connectivity index (χ0) is 32.2. The number of benzene rings is 1. The van der Waals surface area contributed by atoms with Gasteiger partial charge in [0.05, 0.1) is 0 Å². The Balaban J connectivity index is 1.59. The number of carbonyl (C=O) groups is 1. The van der Waals surface area contributed by atoms with Gasteiger partial charge in [0, 0.05) is 7.05 Å². The molecule has 12 nitrogen and oxygen atoms in total. The summed E-state index contributed by atoms with van der Waals surface area (Å²) in [4.78, 5) is 25.2. The zero-order valence-corrected chi connectivity index (χ0v) is 27.5. The van der Waals surface area contributed by atoms with Crippen LogP contribution in [0.5, 0.6) is 0 Å². The molecule has 2 atom stereocenters. The van der Waals surface area contributed by atoms with Crippen LogP contribution in [0.25, 0.3) is 11.3 Å². The Morgan fingerprint density at radius 2 is 1.96 bits per heavy atom. The van der Waals surface area contributed by atoms with Crippen molar-refractivity contribution in [1.82, 2.24) is 30.0 Å². The number of pyridine rings is 1. The van der Waals surface area contributed by atoms with E-state index >= 15 is 0 Å². The average Bonchev–Trinajstić information content (AvgIpc) is 3.47. The first kappa shape index (κ1) is 32.8. The van der Waals surface area contributed by atoms with Crippen LogP contribution >= 0.6 is 5.01 Å². The fourth-order valence-corrected chi connectivity index (χ4v) is 10.4. The molecule has 0 spiro atoms. The molecule has 0 saturated heterocycles. The number of amides is 1. The van der Waals surface area contributed by atoms with E-state index in [-0.39, 0.29) is 36.0 Å². The number of rotatable bonds is 4. The summed E-state index contributed by atoms with van der Waals surface area (Å²) in [5, 5.41) is 9.30. The van der Waals surface area contributed by atoms with Crippen molar-refractivity contribution in [1.29, 1.82) is 0 Å². The van der Waals surface area contributed by atoms with Crippen LogP contribution in [0.15, 0.2) is 55.0 Å². The van der Waals surface area contributed by atoms with Crippen LogP contribution in [0.4, 0.5) is 36.3 Å². The number of alkyl halides is 3. The van der Waals surface area contributed by atoms with Crippen molar-refractivity contribution in [2.75, 3.05) is 30.9 Å². The second-order valence-corrected chi connectivity index (χ2v) is 18.2. The van der Waals surface area contributed by atoms with Crippen molar-refractivity contribution in [3.8, 4) is 11.3 Å². The topological polar surface area (TPSA) is 145 Å². The quantitative estimate of drug-likeness (QED) is 0.210. The molecule has 3 aromatic heterocycles. The first-order valence-electron chi connectivity index (χ1n) is 13.8. The van der Waals surface area contributed by atoms with Gasteiger partial charge < -0.3 is 5.32 Å². The van der Waals surface area contributed by atoms with E-state index in [1.165, 1.54) is 13.1 Å². The van der Waals surface area contributed by atoms with Crippen molar-refractivity contribution in [3.63, 3.8) is 0 Å². The van der Waals surface area contributed by atoms with Crippen LogP contribution in [-0.2, 0) is 31.0 Å². The van der Waals surface area contributed by atoms with Crippen molar-refractivity contribution in [2.24, 2.45) is 5.92 Å². The molecular weight excluding hydrogens is 727 g/mol. The van der Waals surface area contributed by atoms with Gasteiger partial charge in [-0.15, -0.1) is 0 Å². The standard InChI is InChI=1S/C28H30F3IN8O4P/c1-4-43-32-45(42)16-18-5-7-20(8-6-18)36-27-34-12-21(28(29,30)31)25(39-27)38-23-10-9-22(37-24(23)26(41)33-3)19-11-35-40(14-19)13-17(2)15-44-45/h5-12,14,17H,4,13,15-16H2,1-3H3,(H,33,41)(H2,34,36,38,39)/q-1/t17-,45?/m1/s1. The van der Waals surface area contributed by atoms with E-state index in [0.29, 0.717) is 36.3 Å². The third kappa shape index (κ3) is 8.17. The molecule has 1 amide bonds. The van der Waals surface area contributed by atoms with Gasteiger partial charge in [0.1, 0.15) is 0 Å². The van der Waals surface area contributed by atoms with Gasteiger partial charge in [-0.3, -0.25) is 4.79 Å². The molecule has 0 saturated carbocycles. The minimum absolute atomic E-state index is 0.0113. The number of anilines is 4. The maximum absolute atomic E-state index is 14.0. The number of hydrogen-bond acceptors (Lipinski definition) is 10. The van der Waals surface area contributed by atoms with E-state index in [4.69, 9.17) is 7.59 Å². The van der Waals surface area contributed by atoms with E-state index < -0.39 is 49.5 Å². The van der Waals surface area contributed by atoms with Gasteiger partial charge in [0.25, 0.3) is 0 Å². The average molecular weight is 757 g/mol. The van der Waals surface area contributed by atoms with Crippen LogP contribution in [0.1, 0.15) is 35.5 Å². The molecule has 1 aromatic carbocycles. The zero-order valence-electron chi connectivity index (χ0n) is 24.4. The Morgan fingerprint density at radius 1 is 1.18 bits per heavy atom. The number of carbonyl (C=O) groups excluding carboxylic acids is 1. The molecule has 4 aromatic rings. The predicted molar refractivity (Wildman–Crippen MR) is 157 cm³/mol. The molecule has 8 bridgehead atoms. The molecule has 7 heterocycles. The molecule has 0 fully saturated rings. The maximum atomic E-state index is 14.0. The van der Waals surface area contributed by atoms with Crippen molar-refractivity contribution < 1.29 is 51.2 Å². The van der Waals surface area contributed by atoms with Crippen LogP contribution in [0, 0.1) is 5.92 Å². The summed E-state index contributed by atoms with van der Waals surface area (Å²) in [6.07, 6.45) is -0.639. The molecule has 45 heavy (non-hydrogen) atoms. The van der Waals surface area contributed by atoms with Gasteiger partial charge in [-0.1, -0.05) is 0 Å². The predicted octanol–water partition coefficient (Wildman–Crippen LogP) is 3.00. The SMILES string of the molecule is CCO[I-]P1(=O)Cc2ccc(cc2)Nc2ncc(C(F)(F)F)c(n2)Nc2ccc(nc2C(=O)NC)-c2cnn(c2)C[C@@H](C)CO1. The molecule has 0 aliphatic carbocycles. The van der Waals surface area contributed by atoms with E-state index in [1.54, 1.807) is 47.4 Å². The molecule has 1 unspecified atom stereocenters. The van der Waals surface area contributed by atoms with E-state index in [9.17, 15) is 22.5 Å². The Bertz CT molecular complexity index is 1720. The third-order valence-electron chi connectivity index (χ3n) is 6.51. The van der Waals surface area contributed by atoms with E-state index in [0.717, 1.165) is 5.56 Å². The molecule has 0 radical (unpaired) electrons. The summed E-state index contributed by atoms with van der Waals surface area (Å²) >= 11 is -1.20. The molecule has 8 rings (SSSR count). The summed E-state index contributed by atoms with van der Waals surface area (Å²) < 4.78 is 69.2. The number of hydrogen-bond donors (Lipinski definition) is 3. The molecule has 4 aliphatic heterocycles. The van der Waals surface area contributed by atoms with Crippen LogP contribution in [0.2, 0.25) is 0 Å². The summed E-state index contributed by atoms with van der Waals surface area (Å²) in [5.74, 6) is -1.37. The first-order chi connectivity index (χ1) is 21.5. The monoisotopic (exact) mass is 757 g/mol. The van der Waals surface area contributed by atoms with Crippen molar-refractivity contribution in [3.05, 3.63) is 71.8 Å². The number of nitrogens with zero attached hydrogens (tertiary/aromatic N) is 5. The normalized spacial score (nSPS) is 18.8. The van der Waals surface area contributed by atoms with Gasteiger partial charge in [-0.2, -0.15) is 13.2 Å². The van der Waals surface area contributed by atoms with E-state index in [2.05, 4.69) is 36.0 Å². The Kier molecular flexibility index (Phi) is 10.1. The number of aromatic nitrogens is 5. The fourth-order valence-electron chi connectivity index (χ4n) is 4.34. The van der Waals surface area contributed by atoms with Gasteiger partial charge in [-0.25, -0.2) is 0 Å². The molecule has 4 aliphatic rings. The number of nitrogens with one attached hydrogen (secondary N) is 3.